The van der Waals surface area contributed by atoms with E-state index in [2.05, 4.69) is 22.0 Å². The lowest BCUT2D eigenvalue weighted by molar-refractivity contribution is 0.285. The zero-order valence-corrected chi connectivity index (χ0v) is 15.4. The third kappa shape index (κ3) is 3.39. The monoisotopic (exact) mass is 347 g/mol. The number of anilines is 1. The van der Waals surface area contributed by atoms with E-state index in [4.69, 9.17) is 0 Å². The van der Waals surface area contributed by atoms with Gasteiger partial charge in [0, 0.05) is 42.4 Å². The summed E-state index contributed by atoms with van der Waals surface area (Å²) in [5, 5.41) is 1.16. The summed E-state index contributed by atoms with van der Waals surface area (Å²) in [5.74, 6) is 0. The van der Waals surface area contributed by atoms with E-state index >= 15 is 0 Å². The molecular formula is C18H25N3O2S. The molecule has 3 rings (SSSR count). The van der Waals surface area contributed by atoms with Gasteiger partial charge in [-0.1, -0.05) is 25.1 Å². The summed E-state index contributed by atoms with van der Waals surface area (Å²) in [5.41, 5.74) is 3.23. The van der Waals surface area contributed by atoms with Gasteiger partial charge in [-0.25, -0.2) is 8.42 Å². The zero-order chi connectivity index (χ0) is 17.3. The third-order valence-corrected chi connectivity index (χ3v) is 6.18. The lowest BCUT2D eigenvalue weighted by Gasteiger charge is -2.38. The van der Waals surface area contributed by atoms with Gasteiger partial charge < -0.3 is 4.90 Å². The summed E-state index contributed by atoms with van der Waals surface area (Å²) in [4.78, 5) is 6.97. The van der Waals surface area contributed by atoms with Crippen molar-refractivity contribution < 1.29 is 8.42 Å². The van der Waals surface area contributed by atoms with Gasteiger partial charge >= 0.3 is 0 Å². The summed E-state index contributed by atoms with van der Waals surface area (Å²) in [6, 6.07) is 10.4. The molecule has 0 aliphatic carbocycles. The van der Waals surface area contributed by atoms with Crippen LogP contribution in [0.3, 0.4) is 0 Å². The predicted molar refractivity (Wildman–Crippen MR) is 98.9 cm³/mol. The van der Waals surface area contributed by atoms with Gasteiger partial charge in [-0.3, -0.25) is 4.98 Å². The molecule has 1 aliphatic rings. The maximum atomic E-state index is 11.9. The van der Waals surface area contributed by atoms with Crippen molar-refractivity contribution in [2.45, 2.75) is 32.7 Å². The maximum absolute atomic E-state index is 11.9. The second-order valence-corrected chi connectivity index (χ2v) is 8.42. The number of benzene rings is 1. The molecule has 0 amide bonds. The Morgan fingerprint density at radius 2 is 1.92 bits per heavy atom. The van der Waals surface area contributed by atoms with E-state index in [-0.39, 0.29) is 6.04 Å². The molecule has 24 heavy (non-hydrogen) atoms. The van der Waals surface area contributed by atoms with Crippen LogP contribution in [0, 0.1) is 6.92 Å². The molecule has 2 aromatic rings. The van der Waals surface area contributed by atoms with Crippen LogP contribution in [0.1, 0.15) is 25.5 Å². The molecule has 1 aliphatic heterocycles. The molecule has 0 bridgehead atoms. The number of hydrogen-bond acceptors (Lipinski definition) is 4. The van der Waals surface area contributed by atoms with E-state index in [0.717, 1.165) is 42.5 Å². The lowest BCUT2D eigenvalue weighted by Crippen LogP contribution is -2.47. The Labute approximate surface area is 144 Å². The number of piperidine rings is 1. The first kappa shape index (κ1) is 17.2. The topological polar surface area (TPSA) is 53.5 Å². The van der Waals surface area contributed by atoms with Crippen molar-refractivity contribution in [1.82, 2.24) is 9.29 Å². The van der Waals surface area contributed by atoms with Crippen LogP contribution in [0.4, 0.5) is 5.69 Å². The summed E-state index contributed by atoms with van der Waals surface area (Å²) in [6.07, 6.45) is 3.02. The number of aryl methyl sites for hydroxylation is 1. The number of para-hydroxylation sites is 1. The second kappa shape index (κ2) is 6.69. The van der Waals surface area contributed by atoms with E-state index in [1.54, 1.807) is 4.31 Å². The van der Waals surface area contributed by atoms with Crippen molar-refractivity contribution in [1.29, 1.82) is 0 Å². The standard InChI is InChI=1S/C18H25N3O2S/c1-4-21(24(3,22)23)15-9-11-20(12-10-15)18-13-14(2)19-17-8-6-5-7-16(17)18/h5-8,13,15H,4,9-12H2,1-3H3. The number of rotatable bonds is 4. The number of sulfonamides is 1. The normalized spacial score (nSPS) is 16.9. The van der Waals surface area contributed by atoms with Crippen molar-refractivity contribution >= 4 is 26.6 Å². The minimum Gasteiger partial charge on any atom is -0.371 e. The van der Waals surface area contributed by atoms with Crippen LogP contribution in [-0.4, -0.2) is 49.6 Å². The Morgan fingerprint density at radius 3 is 2.54 bits per heavy atom. The molecule has 0 unspecified atom stereocenters. The SMILES string of the molecule is CCN(C1CCN(c2cc(C)nc3ccccc23)CC1)S(C)(=O)=O. The highest BCUT2D eigenvalue weighted by Crippen LogP contribution is 2.30. The molecule has 0 N–H and O–H groups in total. The maximum Gasteiger partial charge on any atom is 0.211 e. The van der Waals surface area contributed by atoms with Crippen LogP contribution in [0.15, 0.2) is 30.3 Å². The second-order valence-electron chi connectivity index (χ2n) is 6.48. The molecular weight excluding hydrogens is 322 g/mol. The fourth-order valence-corrected chi connectivity index (χ4v) is 4.93. The highest BCUT2D eigenvalue weighted by Gasteiger charge is 2.29. The quantitative estimate of drug-likeness (QED) is 0.853. The van der Waals surface area contributed by atoms with Crippen LogP contribution in [0.5, 0.6) is 0 Å². The van der Waals surface area contributed by atoms with Crippen LogP contribution in [0.25, 0.3) is 10.9 Å². The summed E-state index contributed by atoms with van der Waals surface area (Å²) < 4.78 is 25.5. The summed E-state index contributed by atoms with van der Waals surface area (Å²) >= 11 is 0. The Kier molecular flexibility index (Phi) is 4.78. The molecule has 1 fully saturated rings. The molecule has 1 saturated heterocycles. The molecule has 0 spiro atoms. The Balaban J connectivity index is 1.83. The molecule has 1 aromatic heterocycles. The first-order valence-electron chi connectivity index (χ1n) is 8.48. The lowest BCUT2D eigenvalue weighted by atomic mass is 10.0. The number of hydrogen-bond donors (Lipinski definition) is 0. The minimum atomic E-state index is -3.13. The molecule has 0 atom stereocenters. The Bertz CT molecular complexity index is 827. The van der Waals surface area contributed by atoms with Crippen LogP contribution in [0.2, 0.25) is 0 Å². The van der Waals surface area contributed by atoms with Gasteiger partial charge in [0.1, 0.15) is 0 Å². The van der Waals surface area contributed by atoms with Crippen LogP contribution >= 0.6 is 0 Å². The Hall–Kier alpha value is -1.66. The smallest absolute Gasteiger partial charge is 0.211 e. The zero-order valence-electron chi connectivity index (χ0n) is 14.6. The third-order valence-electron chi connectivity index (χ3n) is 4.77. The molecule has 6 heteroatoms. The van der Waals surface area contributed by atoms with E-state index in [9.17, 15) is 8.42 Å². The minimum absolute atomic E-state index is 0.107. The number of nitrogens with zero attached hydrogens (tertiary/aromatic N) is 3. The van der Waals surface area contributed by atoms with Gasteiger partial charge in [0.05, 0.1) is 11.8 Å². The molecule has 0 radical (unpaired) electrons. The van der Waals surface area contributed by atoms with Gasteiger partial charge in [-0.2, -0.15) is 4.31 Å². The fourth-order valence-electron chi connectivity index (χ4n) is 3.71. The number of fused-ring (bicyclic) bond motifs is 1. The average molecular weight is 347 g/mol. The summed E-state index contributed by atoms with van der Waals surface area (Å²) in [7, 11) is -3.13. The molecule has 1 aromatic carbocycles. The molecule has 130 valence electrons. The molecule has 2 heterocycles. The Morgan fingerprint density at radius 1 is 1.25 bits per heavy atom. The van der Waals surface area contributed by atoms with E-state index in [1.165, 1.54) is 11.9 Å². The first-order valence-corrected chi connectivity index (χ1v) is 10.3. The fraction of sp³-hybridized carbons (Fsp3) is 0.500. The molecule has 0 saturated carbocycles. The average Bonchev–Trinajstić information content (AvgIpc) is 2.54. The van der Waals surface area contributed by atoms with E-state index in [0.29, 0.717) is 6.54 Å². The number of pyridine rings is 1. The van der Waals surface area contributed by atoms with Gasteiger partial charge in [-0.05, 0) is 31.9 Å². The van der Waals surface area contributed by atoms with Crippen molar-refractivity contribution in [2.75, 3.05) is 30.8 Å². The summed E-state index contributed by atoms with van der Waals surface area (Å²) in [6.45, 7) is 6.20. The largest absolute Gasteiger partial charge is 0.371 e. The van der Waals surface area contributed by atoms with Crippen LogP contribution < -0.4 is 4.90 Å². The van der Waals surface area contributed by atoms with Crippen molar-refractivity contribution in [3.05, 3.63) is 36.0 Å². The van der Waals surface area contributed by atoms with Gasteiger partial charge in [-0.15, -0.1) is 0 Å². The van der Waals surface area contributed by atoms with Crippen molar-refractivity contribution in [3.63, 3.8) is 0 Å². The number of aromatic nitrogens is 1. The van der Waals surface area contributed by atoms with E-state index in [1.807, 2.05) is 32.0 Å². The van der Waals surface area contributed by atoms with Crippen molar-refractivity contribution in [2.24, 2.45) is 0 Å². The highest BCUT2D eigenvalue weighted by atomic mass is 32.2. The van der Waals surface area contributed by atoms with Gasteiger partial charge in [0.15, 0.2) is 0 Å². The van der Waals surface area contributed by atoms with Crippen molar-refractivity contribution in [3.8, 4) is 0 Å². The van der Waals surface area contributed by atoms with Gasteiger partial charge in [0.2, 0.25) is 10.0 Å². The van der Waals surface area contributed by atoms with Crippen LogP contribution in [-0.2, 0) is 10.0 Å². The van der Waals surface area contributed by atoms with E-state index < -0.39 is 10.0 Å². The molecule has 5 nitrogen and oxygen atoms in total. The van der Waals surface area contributed by atoms with Gasteiger partial charge in [0.25, 0.3) is 0 Å². The predicted octanol–water partition coefficient (Wildman–Crippen LogP) is 2.79. The first-order chi connectivity index (χ1) is 11.4. The highest BCUT2D eigenvalue weighted by molar-refractivity contribution is 7.88.